The molecule has 0 aliphatic heterocycles. The van der Waals surface area contributed by atoms with Crippen LogP contribution in [0.1, 0.15) is 22.8 Å². The molecule has 2 N–H and O–H groups in total. The number of carbonyl (C=O) groups is 1. The van der Waals surface area contributed by atoms with Crippen molar-refractivity contribution < 1.29 is 13.2 Å². The third-order valence-electron chi connectivity index (χ3n) is 3.76. The van der Waals surface area contributed by atoms with Crippen molar-refractivity contribution in [2.75, 3.05) is 6.54 Å². The Morgan fingerprint density at radius 3 is 2.62 bits per heavy atom. The van der Waals surface area contributed by atoms with Gasteiger partial charge in [0.1, 0.15) is 0 Å². The fourth-order valence-corrected chi connectivity index (χ4v) is 3.45. The van der Waals surface area contributed by atoms with Crippen molar-refractivity contribution >= 4 is 26.8 Å². The summed E-state index contributed by atoms with van der Waals surface area (Å²) in [6.45, 7) is 1.73. The summed E-state index contributed by atoms with van der Waals surface area (Å²) in [6, 6.07) is 11.7. The van der Waals surface area contributed by atoms with Gasteiger partial charge in [-0.1, -0.05) is 18.2 Å². The third-order valence-corrected chi connectivity index (χ3v) is 5.24. The summed E-state index contributed by atoms with van der Waals surface area (Å²) >= 11 is 0. The minimum atomic E-state index is -3.59. The van der Waals surface area contributed by atoms with E-state index in [0.29, 0.717) is 12.0 Å². The number of hydrogen-bond acceptors (Lipinski definition) is 4. The standard InChI is InChI=1S/C17H17N3O3S/c1-12(21)14-3-5-15(6-4-14)24(22,23)20-9-8-13-2-7-16-17(10-13)19-11-18-16/h2-7,10-11,20H,8-9H2,1H3,(H,18,19). The van der Waals surface area contributed by atoms with Gasteiger partial charge in [-0.15, -0.1) is 0 Å². The Morgan fingerprint density at radius 1 is 1.17 bits per heavy atom. The molecule has 3 aromatic rings. The lowest BCUT2D eigenvalue weighted by Gasteiger charge is -2.07. The van der Waals surface area contributed by atoms with E-state index in [4.69, 9.17) is 0 Å². The fourth-order valence-electron chi connectivity index (χ4n) is 2.42. The Balaban J connectivity index is 1.65. The zero-order valence-corrected chi connectivity index (χ0v) is 13.9. The van der Waals surface area contributed by atoms with Gasteiger partial charge >= 0.3 is 0 Å². The summed E-state index contributed by atoms with van der Waals surface area (Å²) in [5, 5.41) is 0. The lowest BCUT2D eigenvalue weighted by atomic mass is 10.1. The molecule has 0 saturated heterocycles. The van der Waals surface area contributed by atoms with Crippen molar-refractivity contribution in [1.82, 2.24) is 14.7 Å². The van der Waals surface area contributed by atoms with Gasteiger partial charge in [0, 0.05) is 12.1 Å². The van der Waals surface area contributed by atoms with E-state index in [9.17, 15) is 13.2 Å². The Morgan fingerprint density at radius 2 is 1.92 bits per heavy atom. The predicted molar refractivity (Wildman–Crippen MR) is 91.4 cm³/mol. The van der Waals surface area contributed by atoms with Gasteiger partial charge in [0.25, 0.3) is 0 Å². The number of ketones is 1. The normalized spacial score (nSPS) is 11.7. The maximum atomic E-state index is 12.3. The number of nitrogens with zero attached hydrogens (tertiary/aromatic N) is 1. The number of rotatable bonds is 6. The number of fused-ring (bicyclic) bond motifs is 1. The molecule has 0 aliphatic carbocycles. The van der Waals surface area contributed by atoms with E-state index in [1.54, 1.807) is 6.33 Å². The summed E-state index contributed by atoms with van der Waals surface area (Å²) in [5.41, 5.74) is 3.31. The first kappa shape index (κ1) is 16.4. The summed E-state index contributed by atoms with van der Waals surface area (Å²) in [4.78, 5) is 18.6. The van der Waals surface area contributed by atoms with E-state index in [0.717, 1.165) is 16.6 Å². The molecule has 1 heterocycles. The number of benzene rings is 2. The number of sulfonamides is 1. The average molecular weight is 343 g/mol. The Labute approximate surface area is 140 Å². The van der Waals surface area contributed by atoms with Crippen LogP contribution in [0.5, 0.6) is 0 Å². The van der Waals surface area contributed by atoms with Gasteiger partial charge in [-0.3, -0.25) is 4.79 Å². The van der Waals surface area contributed by atoms with Gasteiger partial charge in [-0.05, 0) is 43.2 Å². The topological polar surface area (TPSA) is 91.9 Å². The van der Waals surface area contributed by atoms with Crippen molar-refractivity contribution in [3.63, 3.8) is 0 Å². The molecule has 0 atom stereocenters. The van der Waals surface area contributed by atoms with Gasteiger partial charge < -0.3 is 4.98 Å². The van der Waals surface area contributed by atoms with Crippen LogP contribution in [0, 0.1) is 0 Å². The molecular weight excluding hydrogens is 326 g/mol. The number of aromatic nitrogens is 2. The number of carbonyl (C=O) groups excluding carboxylic acids is 1. The van der Waals surface area contributed by atoms with Crippen molar-refractivity contribution in [3.8, 4) is 0 Å². The number of aromatic amines is 1. The molecule has 24 heavy (non-hydrogen) atoms. The van der Waals surface area contributed by atoms with Crippen LogP contribution in [0.4, 0.5) is 0 Å². The second-order valence-electron chi connectivity index (χ2n) is 5.48. The molecule has 0 unspecified atom stereocenters. The summed E-state index contributed by atoms with van der Waals surface area (Å²) < 4.78 is 27.1. The molecule has 0 fully saturated rings. The first-order valence-corrected chi connectivity index (χ1v) is 8.97. The molecule has 0 aliphatic rings. The quantitative estimate of drug-likeness (QED) is 0.672. The highest BCUT2D eigenvalue weighted by Gasteiger charge is 2.13. The van der Waals surface area contributed by atoms with Crippen LogP contribution >= 0.6 is 0 Å². The first-order chi connectivity index (χ1) is 11.5. The zero-order valence-electron chi connectivity index (χ0n) is 13.1. The van der Waals surface area contributed by atoms with Crippen LogP contribution in [0.3, 0.4) is 0 Å². The summed E-state index contributed by atoms with van der Waals surface area (Å²) in [5.74, 6) is -0.0962. The number of nitrogens with one attached hydrogen (secondary N) is 2. The summed E-state index contributed by atoms with van der Waals surface area (Å²) in [6.07, 6.45) is 2.20. The van der Waals surface area contributed by atoms with Gasteiger partial charge in [0.2, 0.25) is 10.0 Å². The van der Waals surface area contributed by atoms with E-state index < -0.39 is 10.0 Å². The minimum absolute atomic E-state index is 0.0962. The molecular formula is C17H17N3O3S. The first-order valence-electron chi connectivity index (χ1n) is 7.48. The molecule has 6 nitrogen and oxygen atoms in total. The monoisotopic (exact) mass is 343 g/mol. The molecule has 7 heteroatoms. The van der Waals surface area contributed by atoms with E-state index in [1.807, 2.05) is 18.2 Å². The minimum Gasteiger partial charge on any atom is -0.345 e. The highest BCUT2D eigenvalue weighted by atomic mass is 32.2. The van der Waals surface area contributed by atoms with Crippen molar-refractivity contribution in [3.05, 3.63) is 59.9 Å². The summed E-state index contributed by atoms with van der Waals surface area (Å²) in [7, 11) is -3.59. The van der Waals surface area contributed by atoms with Crippen molar-refractivity contribution in [1.29, 1.82) is 0 Å². The largest absolute Gasteiger partial charge is 0.345 e. The second kappa shape index (κ2) is 6.54. The maximum absolute atomic E-state index is 12.3. The van der Waals surface area contributed by atoms with Crippen LogP contribution in [-0.4, -0.2) is 30.7 Å². The molecule has 0 spiro atoms. The van der Waals surface area contributed by atoms with Gasteiger partial charge in [-0.2, -0.15) is 0 Å². The number of H-pyrrole nitrogens is 1. The second-order valence-corrected chi connectivity index (χ2v) is 7.25. The predicted octanol–water partition coefficient (Wildman–Crippen LogP) is 2.29. The van der Waals surface area contributed by atoms with Crippen molar-refractivity contribution in [2.45, 2.75) is 18.2 Å². The van der Waals surface area contributed by atoms with Crippen LogP contribution in [-0.2, 0) is 16.4 Å². The van der Waals surface area contributed by atoms with Gasteiger partial charge in [0.15, 0.2) is 5.78 Å². The molecule has 0 amide bonds. The molecule has 3 rings (SSSR count). The molecule has 1 aromatic heterocycles. The number of hydrogen-bond donors (Lipinski definition) is 2. The Bertz CT molecular complexity index is 976. The van der Waals surface area contributed by atoms with Crippen LogP contribution in [0.25, 0.3) is 11.0 Å². The average Bonchev–Trinajstić information content (AvgIpc) is 3.02. The van der Waals surface area contributed by atoms with Crippen LogP contribution in [0.15, 0.2) is 53.7 Å². The lowest BCUT2D eigenvalue weighted by molar-refractivity contribution is 0.101. The highest BCUT2D eigenvalue weighted by Crippen LogP contribution is 2.13. The van der Waals surface area contributed by atoms with E-state index in [1.165, 1.54) is 31.2 Å². The van der Waals surface area contributed by atoms with E-state index in [-0.39, 0.29) is 17.2 Å². The van der Waals surface area contributed by atoms with Crippen LogP contribution in [0.2, 0.25) is 0 Å². The Kier molecular flexibility index (Phi) is 4.46. The van der Waals surface area contributed by atoms with Gasteiger partial charge in [0.05, 0.1) is 22.3 Å². The highest BCUT2D eigenvalue weighted by molar-refractivity contribution is 7.89. The molecule has 0 radical (unpaired) electrons. The molecule has 124 valence electrons. The Hall–Kier alpha value is -2.51. The van der Waals surface area contributed by atoms with E-state index in [2.05, 4.69) is 14.7 Å². The van der Waals surface area contributed by atoms with Crippen LogP contribution < -0.4 is 4.72 Å². The smallest absolute Gasteiger partial charge is 0.240 e. The molecule has 2 aromatic carbocycles. The maximum Gasteiger partial charge on any atom is 0.240 e. The van der Waals surface area contributed by atoms with Gasteiger partial charge in [-0.25, -0.2) is 18.1 Å². The molecule has 0 bridgehead atoms. The molecule has 0 saturated carbocycles. The van der Waals surface area contributed by atoms with E-state index >= 15 is 0 Å². The SMILES string of the molecule is CC(=O)c1ccc(S(=O)(=O)NCCc2ccc3nc[nH]c3c2)cc1. The fraction of sp³-hybridized carbons (Fsp3) is 0.176. The number of Topliss-reactive ketones (excluding diaryl/α,β-unsaturated/α-hetero) is 1. The third kappa shape index (κ3) is 3.52. The lowest BCUT2D eigenvalue weighted by Crippen LogP contribution is -2.26. The zero-order chi connectivity index (χ0) is 17.2. The van der Waals surface area contributed by atoms with Crippen molar-refractivity contribution in [2.24, 2.45) is 0 Å². The number of imidazole rings is 1.